The summed E-state index contributed by atoms with van der Waals surface area (Å²) in [6.07, 6.45) is 1.000. The fourth-order valence-corrected chi connectivity index (χ4v) is 1.86. The number of carboxylic acids is 1. The topological polar surface area (TPSA) is 92.2 Å². The molecule has 0 saturated heterocycles. The first-order valence-corrected chi connectivity index (χ1v) is 5.61. The van der Waals surface area contributed by atoms with Gasteiger partial charge in [0.05, 0.1) is 17.3 Å². The summed E-state index contributed by atoms with van der Waals surface area (Å²) in [5.41, 5.74) is -0.271. The number of aliphatic carboxylic acids is 1. The molecule has 0 spiro atoms. The van der Waals surface area contributed by atoms with E-state index in [0.29, 0.717) is 16.3 Å². The van der Waals surface area contributed by atoms with E-state index in [1.54, 1.807) is 31.2 Å². The summed E-state index contributed by atoms with van der Waals surface area (Å²) >= 11 is 0. The number of nitrogens with zero attached hydrogens (tertiary/aromatic N) is 1. The number of benzene rings is 1. The number of allylic oxidation sites excluding steroid dienone is 1. The van der Waals surface area contributed by atoms with E-state index >= 15 is 0 Å². The predicted molar refractivity (Wildman–Crippen MR) is 70.2 cm³/mol. The molecule has 6 heteroatoms. The van der Waals surface area contributed by atoms with Crippen molar-refractivity contribution in [3.63, 3.8) is 0 Å². The minimum atomic E-state index is -1.09. The Hall–Kier alpha value is -2.63. The molecule has 0 unspecified atom stereocenters. The van der Waals surface area contributed by atoms with Gasteiger partial charge in [-0.3, -0.25) is 14.7 Å². The Bertz CT molecular complexity index is 783. The number of H-pyrrole nitrogens is 1. The number of nitrogens with one attached hydrogen (secondary N) is 1. The van der Waals surface area contributed by atoms with E-state index in [2.05, 4.69) is 5.10 Å². The highest BCUT2D eigenvalue weighted by Gasteiger charge is 2.07. The Labute approximate surface area is 107 Å². The predicted octanol–water partition coefficient (Wildman–Crippen LogP) is 0.721. The zero-order chi connectivity index (χ0) is 14.0. The molecule has 0 aliphatic carbocycles. The van der Waals surface area contributed by atoms with Gasteiger partial charge in [0, 0.05) is 6.08 Å². The second-order valence-electron chi connectivity index (χ2n) is 4.21. The van der Waals surface area contributed by atoms with Gasteiger partial charge in [0.15, 0.2) is 0 Å². The van der Waals surface area contributed by atoms with Crippen molar-refractivity contribution in [1.29, 1.82) is 0 Å². The number of fused-ring (bicyclic) bond motifs is 1. The molecule has 0 amide bonds. The third-order valence-electron chi connectivity index (χ3n) is 2.66. The standard InChI is InChI=1S/C13H12N2O4/c1-8(6-11(16)17)7-15-13(19)10-5-3-2-4-9(10)12(18)14-15/h2-6H,7H2,1H3,(H,14,18)(H,16,17). The summed E-state index contributed by atoms with van der Waals surface area (Å²) in [7, 11) is 0. The van der Waals surface area contributed by atoms with Crippen LogP contribution in [0.25, 0.3) is 10.8 Å². The van der Waals surface area contributed by atoms with Gasteiger partial charge in [-0.15, -0.1) is 0 Å². The maximum absolute atomic E-state index is 12.1. The number of carbonyl (C=O) groups is 1. The van der Waals surface area contributed by atoms with Gasteiger partial charge in [-0.25, -0.2) is 9.48 Å². The number of hydrogen-bond acceptors (Lipinski definition) is 3. The zero-order valence-corrected chi connectivity index (χ0v) is 10.2. The van der Waals surface area contributed by atoms with Crippen LogP contribution in [0.4, 0.5) is 0 Å². The van der Waals surface area contributed by atoms with Crippen LogP contribution in [0.5, 0.6) is 0 Å². The van der Waals surface area contributed by atoms with Crippen LogP contribution in [0.15, 0.2) is 45.5 Å². The van der Waals surface area contributed by atoms with Gasteiger partial charge in [-0.05, 0) is 24.6 Å². The van der Waals surface area contributed by atoms with Gasteiger partial charge in [-0.2, -0.15) is 0 Å². The molecule has 1 heterocycles. The quantitative estimate of drug-likeness (QED) is 0.795. The van der Waals surface area contributed by atoms with E-state index < -0.39 is 5.97 Å². The summed E-state index contributed by atoms with van der Waals surface area (Å²) in [5, 5.41) is 11.7. The molecule has 0 saturated carbocycles. The first kappa shape index (κ1) is 12.8. The minimum Gasteiger partial charge on any atom is -0.478 e. The molecule has 1 aromatic heterocycles. The van der Waals surface area contributed by atoms with Gasteiger partial charge in [0.25, 0.3) is 11.1 Å². The molecule has 0 aliphatic rings. The van der Waals surface area contributed by atoms with Gasteiger partial charge in [0.1, 0.15) is 0 Å². The van der Waals surface area contributed by atoms with Gasteiger partial charge >= 0.3 is 5.97 Å². The van der Waals surface area contributed by atoms with Crippen LogP contribution in [0.3, 0.4) is 0 Å². The maximum Gasteiger partial charge on any atom is 0.328 e. The van der Waals surface area contributed by atoms with Crippen molar-refractivity contribution in [2.24, 2.45) is 0 Å². The van der Waals surface area contributed by atoms with Crippen molar-refractivity contribution in [3.05, 3.63) is 56.6 Å². The highest BCUT2D eigenvalue weighted by atomic mass is 16.4. The fraction of sp³-hybridized carbons (Fsp3) is 0.154. The summed E-state index contributed by atoms with van der Waals surface area (Å²) in [5.74, 6) is -1.09. The van der Waals surface area contributed by atoms with Crippen molar-refractivity contribution < 1.29 is 9.90 Å². The Morgan fingerprint density at radius 1 is 1.32 bits per heavy atom. The molecular formula is C13H12N2O4. The Kier molecular flexibility index (Phi) is 3.33. The first-order valence-electron chi connectivity index (χ1n) is 5.61. The molecule has 0 aliphatic heterocycles. The highest BCUT2D eigenvalue weighted by Crippen LogP contribution is 2.03. The molecule has 19 heavy (non-hydrogen) atoms. The first-order chi connectivity index (χ1) is 8.99. The van der Waals surface area contributed by atoms with Crippen LogP contribution in [0.2, 0.25) is 0 Å². The SMILES string of the molecule is CC(=CC(=O)O)Cn1[nH]c(=O)c2ccccc2c1=O. The number of rotatable bonds is 3. The Morgan fingerprint density at radius 2 is 1.95 bits per heavy atom. The van der Waals surface area contributed by atoms with Crippen LogP contribution in [0.1, 0.15) is 6.92 Å². The lowest BCUT2D eigenvalue weighted by molar-refractivity contribution is -0.131. The van der Waals surface area contributed by atoms with E-state index in [1.165, 1.54) is 0 Å². The molecule has 0 bridgehead atoms. The summed E-state index contributed by atoms with van der Waals surface area (Å²) in [6.45, 7) is 1.61. The van der Waals surface area contributed by atoms with Crippen molar-refractivity contribution in [2.75, 3.05) is 0 Å². The number of carboxylic acid groups (broad SMARTS) is 1. The van der Waals surface area contributed by atoms with Crippen molar-refractivity contribution in [1.82, 2.24) is 9.78 Å². The van der Waals surface area contributed by atoms with Crippen molar-refractivity contribution in [3.8, 4) is 0 Å². The van der Waals surface area contributed by atoms with Crippen molar-refractivity contribution in [2.45, 2.75) is 13.5 Å². The van der Waals surface area contributed by atoms with Crippen molar-refractivity contribution >= 4 is 16.7 Å². The summed E-state index contributed by atoms with van der Waals surface area (Å²) in [4.78, 5) is 34.5. The average Bonchev–Trinajstić information content (AvgIpc) is 2.34. The molecule has 98 valence electrons. The summed E-state index contributed by atoms with van der Waals surface area (Å²) in [6, 6.07) is 6.49. The minimum absolute atomic E-state index is 0.0329. The Balaban J connectivity index is 2.58. The molecule has 6 nitrogen and oxygen atoms in total. The van der Waals surface area contributed by atoms with Crippen LogP contribution >= 0.6 is 0 Å². The molecule has 0 radical (unpaired) electrons. The second-order valence-corrected chi connectivity index (χ2v) is 4.21. The van der Waals surface area contributed by atoms with E-state index in [0.717, 1.165) is 10.8 Å². The van der Waals surface area contributed by atoms with Crippen LogP contribution in [-0.4, -0.2) is 20.9 Å². The molecule has 2 aromatic rings. The lowest BCUT2D eigenvalue weighted by Gasteiger charge is -2.06. The van der Waals surface area contributed by atoms with E-state index in [-0.39, 0.29) is 17.7 Å². The average molecular weight is 260 g/mol. The van der Waals surface area contributed by atoms with Gasteiger partial charge < -0.3 is 5.11 Å². The summed E-state index contributed by atoms with van der Waals surface area (Å²) < 4.78 is 1.11. The van der Waals surface area contributed by atoms with Crippen LogP contribution < -0.4 is 11.1 Å². The number of hydrogen-bond donors (Lipinski definition) is 2. The molecular weight excluding hydrogens is 248 g/mol. The largest absolute Gasteiger partial charge is 0.478 e. The van der Waals surface area contributed by atoms with E-state index in [9.17, 15) is 14.4 Å². The highest BCUT2D eigenvalue weighted by molar-refractivity contribution is 5.81. The van der Waals surface area contributed by atoms with Crippen LogP contribution in [0, 0.1) is 0 Å². The van der Waals surface area contributed by atoms with E-state index in [4.69, 9.17) is 5.11 Å². The lowest BCUT2D eigenvalue weighted by Crippen LogP contribution is -2.30. The second kappa shape index (κ2) is 4.93. The molecule has 0 fully saturated rings. The molecule has 0 atom stereocenters. The third kappa shape index (κ3) is 2.62. The van der Waals surface area contributed by atoms with Crippen LogP contribution in [-0.2, 0) is 11.3 Å². The normalized spacial score (nSPS) is 11.7. The molecule has 1 aromatic carbocycles. The molecule has 2 rings (SSSR count). The fourth-order valence-electron chi connectivity index (χ4n) is 1.86. The maximum atomic E-state index is 12.1. The smallest absolute Gasteiger partial charge is 0.328 e. The monoisotopic (exact) mass is 260 g/mol. The Morgan fingerprint density at radius 3 is 2.58 bits per heavy atom. The third-order valence-corrected chi connectivity index (χ3v) is 2.66. The van der Waals surface area contributed by atoms with E-state index in [1.807, 2.05) is 0 Å². The number of aromatic amines is 1. The zero-order valence-electron chi connectivity index (χ0n) is 10.2. The van der Waals surface area contributed by atoms with Gasteiger partial charge in [0.2, 0.25) is 0 Å². The lowest BCUT2D eigenvalue weighted by atomic mass is 10.2. The molecule has 2 N–H and O–H groups in total. The number of aromatic nitrogens is 2. The van der Waals surface area contributed by atoms with Gasteiger partial charge in [-0.1, -0.05) is 12.1 Å².